The highest BCUT2D eigenvalue weighted by atomic mass is 16.1. The number of carbonyl (C=O) groups excluding carboxylic acids is 1. The molecule has 0 unspecified atom stereocenters. The molecule has 0 spiro atoms. The van der Waals surface area contributed by atoms with Crippen LogP contribution in [0.4, 0.5) is 0 Å². The largest absolute Gasteiger partial charge is 0.353 e. The van der Waals surface area contributed by atoms with Crippen LogP contribution in [0.25, 0.3) is 0 Å². The Bertz CT molecular complexity index is 393. The highest BCUT2D eigenvalue weighted by molar-refractivity contribution is 5.87. The molecule has 2 heteroatoms. The second-order valence-corrected chi connectivity index (χ2v) is 4.10. The standard InChI is InChI=1S/C16H21NO/c1-2-14-17-16(18)13-9-4-3-6-10-15-11-7-5-8-12-15/h3-5,7-9,11-13H,2,6,10,14H2,1H3,(H,17,18). The molecule has 1 N–H and O–H groups in total. The maximum absolute atomic E-state index is 11.2. The van der Waals surface area contributed by atoms with E-state index in [9.17, 15) is 4.79 Å². The molecule has 0 aliphatic carbocycles. The van der Waals surface area contributed by atoms with Crippen LogP contribution in [0, 0.1) is 0 Å². The van der Waals surface area contributed by atoms with Gasteiger partial charge in [-0.1, -0.05) is 55.5 Å². The lowest BCUT2D eigenvalue weighted by atomic mass is 10.1. The Labute approximate surface area is 109 Å². The molecule has 18 heavy (non-hydrogen) atoms. The van der Waals surface area contributed by atoms with Crippen LogP contribution < -0.4 is 5.32 Å². The summed E-state index contributed by atoms with van der Waals surface area (Å²) in [6.45, 7) is 2.77. The van der Waals surface area contributed by atoms with Crippen LogP contribution in [0.15, 0.2) is 54.6 Å². The number of hydrogen-bond acceptors (Lipinski definition) is 1. The molecule has 2 nitrogen and oxygen atoms in total. The number of benzene rings is 1. The van der Waals surface area contributed by atoms with Gasteiger partial charge in [0, 0.05) is 12.6 Å². The van der Waals surface area contributed by atoms with E-state index in [1.54, 1.807) is 12.2 Å². The summed E-state index contributed by atoms with van der Waals surface area (Å²) in [4.78, 5) is 11.2. The summed E-state index contributed by atoms with van der Waals surface area (Å²) in [7, 11) is 0. The highest BCUT2D eigenvalue weighted by Gasteiger charge is 1.90. The first-order valence-corrected chi connectivity index (χ1v) is 6.48. The highest BCUT2D eigenvalue weighted by Crippen LogP contribution is 2.02. The third-order valence-corrected chi connectivity index (χ3v) is 2.49. The van der Waals surface area contributed by atoms with E-state index in [-0.39, 0.29) is 5.91 Å². The predicted molar refractivity (Wildman–Crippen MR) is 76.3 cm³/mol. The van der Waals surface area contributed by atoms with Crippen molar-refractivity contribution >= 4 is 5.91 Å². The molecule has 96 valence electrons. The number of aryl methyl sites for hydroxylation is 1. The lowest BCUT2D eigenvalue weighted by molar-refractivity contribution is -0.116. The summed E-state index contributed by atoms with van der Waals surface area (Å²) in [5.74, 6) is -0.0236. The van der Waals surface area contributed by atoms with Crippen LogP contribution in [0.3, 0.4) is 0 Å². The molecule has 0 fully saturated rings. The lowest BCUT2D eigenvalue weighted by Crippen LogP contribution is -2.21. The molecule has 1 aromatic rings. The molecule has 0 aliphatic rings. The third-order valence-electron chi connectivity index (χ3n) is 2.49. The maximum atomic E-state index is 11.2. The van der Waals surface area contributed by atoms with E-state index in [1.807, 2.05) is 19.1 Å². The van der Waals surface area contributed by atoms with Crippen molar-refractivity contribution in [3.63, 3.8) is 0 Å². The molecule has 0 heterocycles. The Morgan fingerprint density at radius 3 is 2.72 bits per heavy atom. The second-order valence-electron chi connectivity index (χ2n) is 4.10. The minimum atomic E-state index is -0.0236. The second kappa shape index (κ2) is 9.23. The van der Waals surface area contributed by atoms with Gasteiger partial charge in [-0.05, 0) is 24.8 Å². The minimum Gasteiger partial charge on any atom is -0.353 e. The monoisotopic (exact) mass is 243 g/mol. The molecule has 1 amide bonds. The van der Waals surface area contributed by atoms with Crippen LogP contribution in [0.5, 0.6) is 0 Å². The van der Waals surface area contributed by atoms with E-state index in [0.29, 0.717) is 0 Å². The van der Waals surface area contributed by atoms with Gasteiger partial charge in [0.2, 0.25) is 5.91 Å². The minimum absolute atomic E-state index is 0.0236. The van der Waals surface area contributed by atoms with Crippen LogP contribution in [0.2, 0.25) is 0 Å². The number of rotatable bonds is 7. The van der Waals surface area contributed by atoms with Gasteiger partial charge in [0.15, 0.2) is 0 Å². The molecule has 0 aliphatic heterocycles. The molecule has 0 atom stereocenters. The van der Waals surface area contributed by atoms with Crippen molar-refractivity contribution in [2.24, 2.45) is 0 Å². The molecule has 0 saturated heterocycles. The van der Waals surface area contributed by atoms with Gasteiger partial charge < -0.3 is 5.32 Å². The van der Waals surface area contributed by atoms with E-state index in [1.165, 1.54) is 5.56 Å². The summed E-state index contributed by atoms with van der Waals surface area (Å²) in [5.41, 5.74) is 1.34. The quantitative estimate of drug-likeness (QED) is 0.578. The molecular weight excluding hydrogens is 222 g/mol. The van der Waals surface area contributed by atoms with Gasteiger partial charge in [-0.3, -0.25) is 4.79 Å². The number of hydrogen-bond donors (Lipinski definition) is 1. The van der Waals surface area contributed by atoms with Gasteiger partial charge in [0.1, 0.15) is 0 Å². The van der Waals surface area contributed by atoms with E-state index in [0.717, 1.165) is 25.8 Å². The number of amides is 1. The topological polar surface area (TPSA) is 29.1 Å². The van der Waals surface area contributed by atoms with Crippen molar-refractivity contribution < 1.29 is 4.79 Å². The molecular formula is C16H21NO. The first-order chi connectivity index (χ1) is 8.83. The normalized spacial score (nSPS) is 11.2. The van der Waals surface area contributed by atoms with E-state index < -0.39 is 0 Å². The Hall–Kier alpha value is -1.83. The average molecular weight is 243 g/mol. The molecule has 0 aromatic heterocycles. The van der Waals surface area contributed by atoms with Gasteiger partial charge in [-0.25, -0.2) is 0 Å². The zero-order valence-electron chi connectivity index (χ0n) is 10.9. The smallest absolute Gasteiger partial charge is 0.243 e. The maximum Gasteiger partial charge on any atom is 0.243 e. The Kier molecular flexibility index (Phi) is 7.29. The van der Waals surface area contributed by atoms with Crippen molar-refractivity contribution in [1.29, 1.82) is 0 Å². The van der Waals surface area contributed by atoms with Crippen LogP contribution in [-0.2, 0) is 11.2 Å². The molecule has 0 saturated carbocycles. The fraction of sp³-hybridized carbons (Fsp3) is 0.312. The third kappa shape index (κ3) is 6.69. The first-order valence-electron chi connectivity index (χ1n) is 6.48. The predicted octanol–water partition coefficient (Wildman–Crippen LogP) is 3.26. The van der Waals surface area contributed by atoms with E-state index >= 15 is 0 Å². The van der Waals surface area contributed by atoms with Crippen molar-refractivity contribution in [3.05, 3.63) is 60.2 Å². The van der Waals surface area contributed by atoms with Crippen LogP contribution >= 0.6 is 0 Å². The zero-order valence-corrected chi connectivity index (χ0v) is 10.9. The Balaban J connectivity index is 2.17. The Morgan fingerprint density at radius 2 is 2.00 bits per heavy atom. The Morgan fingerprint density at radius 1 is 1.22 bits per heavy atom. The number of allylic oxidation sites excluding steroid dienone is 3. The van der Waals surface area contributed by atoms with E-state index in [2.05, 4.69) is 35.7 Å². The zero-order chi connectivity index (χ0) is 13.1. The summed E-state index contributed by atoms with van der Waals surface area (Å²) >= 11 is 0. The summed E-state index contributed by atoms with van der Waals surface area (Å²) < 4.78 is 0. The van der Waals surface area contributed by atoms with Gasteiger partial charge >= 0.3 is 0 Å². The van der Waals surface area contributed by atoms with Gasteiger partial charge in [0.25, 0.3) is 0 Å². The average Bonchev–Trinajstić information content (AvgIpc) is 2.41. The van der Waals surface area contributed by atoms with Gasteiger partial charge in [-0.2, -0.15) is 0 Å². The fourth-order valence-corrected chi connectivity index (χ4v) is 1.52. The first kappa shape index (κ1) is 14.2. The molecule has 1 rings (SSSR count). The summed E-state index contributed by atoms with van der Waals surface area (Å²) in [5, 5.41) is 2.79. The van der Waals surface area contributed by atoms with Crippen molar-refractivity contribution in [2.75, 3.05) is 6.54 Å². The molecule has 0 bridgehead atoms. The fourth-order valence-electron chi connectivity index (χ4n) is 1.52. The molecule has 1 aromatic carbocycles. The van der Waals surface area contributed by atoms with Crippen molar-refractivity contribution in [1.82, 2.24) is 5.32 Å². The van der Waals surface area contributed by atoms with Crippen molar-refractivity contribution in [3.8, 4) is 0 Å². The van der Waals surface area contributed by atoms with Crippen LogP contribution in [0.1, 0.15) is 25.3 Å². The van der Waals surface area contributed by atoms with Gasteiger partial charge in [0.05, 0.1) is 0 Å². The lowest BCUT2D eigenvalue weighted by Gasteiger charge is -1.96. The van der Waals surface area contributed by atoms with Gasteiger partial charge in [-0.15, -0.1) is 0 Å². The van der Waals surface area contributed by atoms with E-state index in [4.69, 9.17) is 0 Å². The summed E-state index contributed by atoms with van der Waals surface area (Å²) in [6, 6.07) is 10.4. The van der Waals surface area contributed by atoms with Crippen LogP contribution in [-0.4, -0.2) is 12.5 Å². The van der Waals surface area contributed by atoms with Crippen molar-refractivity contribution in [2.45, 2.75) is 26.2 Å². The number of carbonyl (C=O) groups is 1. The molecule has 0 radical (unpaired) electrons. The summed E-state index contributed by atoms with van der Waals surface area (Å²) in [6.07, 6.45) is 10.3. The SMILES string of the molecule is CCCNC(=O)C=CC=CCCc1ccccc1. The number of nitrogens with one attached hydrogen (secondary N) is 1.